The molecule has 0 bridgehead atoms. The molecule has 11 heteroatoms. The van der Waals surface area contributed by atoms with Gasteiger partial charge in [-0.15, -0.1) is 0 Å². The fraction of sp³-hybridized carbons (Fsp3) is 0.522. The monoisotopic (exact) mass is 479 g/mol. The minimum absolute atomic E-state index is 0.0294. The SMILES string of the molecule is CCC(=O)O.CCCCOCC(CN1C(=O)NC(=O)C(CC)(c2ccccc2)C1=O)OC(N)=O. The molecule has 0 aliphatic carbocycles. The number of carboxylic acid groups (broad SMARTS) is 1. The fourth-order valence-corrected chi connectivity index (χ4v) is 3.30. The van der Waals surface area contributed by atoms with Crippen LogP contribution in [-0.4, -0.2) is 65.8 Å². The highest BCUT2D eigenvalue weighted by atomic mass is 16.6. The molecule has 1 aliphatic heterocycles. The number of amides is 5. The molecule has 2 unspecified atom stereocenters. The molecule has 1 fully saturated rings. The van der Waals surface area contributed by atoms with Gasteiger partial charge in [0.1, 0.15) is 6.10 Å². The van der Waals surface area contributed by atoms with E-state index in [1.54, 1.807) is 44.2 Å². The molecule has 188 valence electrons. The highest BCUT2D eigenvalue weighted by Crippen LogP contribution is 2.33. The Morgan fingerprint density at radius 3 is 2.26 bits per heavy atom. The molecule has 4 N–H and O–H groups in total. The summed E-state index contributed by atoms with van der Waals surface area (Å²) >= 11 is 0. The van der Waals surface area contributed by atoms with Gasteiger partial charge < -0.3 is 20.3 Å². The van der Waals surface area contributed by atoms with Crippen molar-refractivity contribution >= 4 is 29.9 Å². The summed E-state index contributed by atoms with van der Waals surface area (Å²) in [6.45, 7) is 5.44. The summed E-state index contributed by atoms with van der Waals surface area (Å²) < 4.78 is 10.5. The van der Waals surface area contributed by atoms with Gasteiger partial charge in [0.15, 0.2) is 5.41 Å². The third-order valence-electron chi connectivity index (χ3n) is 5.18. The Bertz CT molecular complexity index is 861. The summed E-state index contributed by atoms with van der Waals surface area (Å²) in [5.41, 5.74) is 4.05. The van der Waals surface area contributed by atoms with Crippen LogP contribution in [0, 0.1) is 0 Å². The van der Waals surface area contributed by atoms with Crippen LogP contribution in [-0.2, 0) is 29.3 Å². The van der Waals surface area contributed by atoms with Gasteiger partial charge in [-0.05, 0) is 18.4 Å². The molecular formula is C23H33N3O8. The Morgan fingerprint density at radius 1 is 1.15 bits per heavy atom. The van der Waals surface area contributed by atoms with E-state index in [2.05, 4.69) is 5.32 Å². The average Bonchev–Trinajstić information content (AvgIpc) is 2.80. The Hall–Kier alpha value is -3.47. The molecule has 2 atom stereocenters. The molecule has 1 aromatic rings. The molecule has 0 spiro atoms. The second-order valence-electron chi connectivity index (χ2n) is 7.53. The number of hydrogen-bond acceptors (Lipinski definition) is 7. The van der Waals surface area contributed by atoms with Crippen molar-refractivity contribution in [3.63, 3.8) is 0 Å². The lowest BCUT2D eigenvalue weighted by Gasteiger charge is -2.39. The molecule has 0 radical (unpaired) electrons. The zero-order valence-electron chi connectivity index (χ0n) is 19.7. The van der Waals surface area contributed by atoms with E-state index in [1.165, 1.54) is 0 Å². The molecule has 0 saturated carbocycles. The Morgan fingerprint density at radius 2 is 1.76 bits per heavy atom. The number of hydrogen-bond donors (Lipinski definition) is 3. The Kier molecular flexibility index (Phi) is 11.7. The van der Waals surface area contributed by atoms with Gasteiger partial charge in [-0.2, -0.15) is 0 Å². The molecule has 1 saturated heterocycles. The number of nitrogens with one attached hydrogen (secondary N) is 1. The van der Waals surface area contributed by atoms with Crippen LogP contribution in [0.1, 0.15) is 52.0 Å². The molecule has 0 aromatic heterocycles. The number of aliphatic carboxylic acids is 1. The summed E-state index contributed by atoms with van der Waals surface area (Å²) in [6.07, 6.45) is 0.123. The second-order valence-corrected chi connectivity index (χ2v) is 7.53. The lowest BCUT2D eigenvalue weighted by Crippen LogP contribution is -2.67. The average molecular weight is 480 g/mol. The lowest BCUT2D eigenvalue weighted by molar-refractivity contribution is -0.147. The predicted octanol–water partition coefficient (Wildman–Crippen LogP) is 2.17. The minimum Gasteiger partial charge on any atom is -0.481 e. The Balaban J connectivity index is 0.00000104. The molecular weight excluding hydrogens is 446 g/mol. The number of carboxylic acids is 1. The third-order valence-corrected chi connectivity index (χ3v) is 5.18. The number of carbonyl (C=O) groups excluding carboxylic acids is 4. The predicted molar refractivity (Wildman–Crippen MR) is 122 cm³/mol. The van der Waals surface area contributed by atoms with E-state index in [9.17, 15) is 24.0 Å². The number of primary amides is 1. The maximum absolute atomic E-state index is 13.3. The maximum Gasteiger partial charge on any atom is 0.404 e. The first-order valence-electron chi connectivity index (χ1n) is 11.1. The highest BCUT2D eigenvalue weighted by Gasteiger charge is 2.54. The first-order chi connectivity index (χ1) is 16.1. The third kappa shape index (κ3) is 7.55. The van der Waals surface area contributed by atoms with Crippen molar-refractivity contribution in [1.82, 2.24) is 10.2 Å². The van der Waals surface area contributed by atoms with Gasteiger partial charge in [-0.25, -0.2) is 9.59 Å². The topological polar surface area (TPSA) is 165 Å². The van der Waals surface area contributed by atoms with E-state index >= 15 is 0 Å². The summed E-state index contributed by atoms with van der Waals surface area (Å²) in [6, 6.07) is 7.67. The number of benzene rings is 1. The van der Waals surface area contributed by atoms with E-state index in [-0.39, 0.29) is 26.0 Å². The largest absolute Gasteiger partial charge is 0.481 e. The van der Waals surface area contributed by atoms with Crippen LogP contribution in [0.5, 0.6) is 0 Å². The van der Waals surface area contributed by atoms with Crippen LogP contribution >= 0.6 is 0 Å². The van der Waals surface area contributed by atoms with Crippen LogP contribution in [0.4, 0.5) is 9.59 Å². The Labute approximate surface area is 198 Å². The molecule has 1 aromatic carbocycles. The molecule has 34 heavy (non-hydrogen) atoms. The van der Waals surface area contributed by atoms with Gasteiger partial charge in [-0.3, -0.25) is 24.6 Å². The van der Waals surface area contributed by atoms with E-state index in [0.717, 1.165) is 17.7 Å². The second kappa shape index (κ2) is 13.9. The smallest absolute Gasteiger partial charge is 0.404 e. The molecule has 5 amide bonds. The van der Waals surface area contributed by atoms with E-state index in [1.807, 2.05) is 6.92 Å². The number of urea groups is 1. The maximum atomic E-state index is 13.3. The van der Waals surface area contributed by atoms with E-state index < -0.39 is 41.4 Å². The zero-order chi connectivity index (χ0) is 25.7. The van der Waals surface area contributed by atoms with E-state index in [4.69, 9.17) is 20.3 Å². The lowest BCUT2D eigenvalue weighted by atomic mass is 9.74. The zero-order valence-corrected chi connectivity index (χ0v) is 19.7. The number of barbiturate groups is 1. The van der Waals surface area contributed by atoms with Crippen LogP contribution in [0.15, 0.2) is 30.3 Å². The van der Waals surface area contributed by atoms with Gasteiger partial charge in [0.25, 0.3) is 5.91 Å². The molecule has 1 aliphatic rings. The minimum atomic E-state index is -1.55. The number of ether oxygens (including phenoxy) is 2. The van der Waals surface area contributed by atoms with Crippen molar-refractivity contribution in [3.05, 3.63) is 35.9 Å². The van der Waals surface area contributed by atoms with Crippen molar-refractivity contribution in [2.75, 3.05) is 19.8 Å². The van der Waals surface area contributed by atoms with Gasteiger partial charge in [0, 0.05) is 13.0 Å². The summed E-state index contributed by atoms with van der Waals surface area (Å²) in [5.74, 6) is -2.10. The summed E-state index contributed by atoms with van der Waals surface area (Å²) in [5, 5.41) is 9.97. The number of nitrogens with zero attached hydrogens (tertiary/aromatic N) is 1. The number of rotatable bonds is 11. The van der Waals surface area contributed by atoms with Gasteiger partial charge in [0.05, 0.1) is 13.2 Å². The standard InChI is InChI=1S/C20H27N3O6.C3H6O2/c1-3-5-11-28-13-15(29-18(21)26)12-23-17(25)20(4-2,16(24)22-19(23)27)14-9-7-6-8-10-14;1-2-3(4)5/h6-10,15H,3-5,11-13H2,1-2H3,(H2,21,26)(H,22,24,27);2H2,1H3,(H,4,5). The van der Waals surface area contributed by atoms with Crippen molar-refractivity contribution in [3.8, 4) is 0 Å². The number of nitrogens with two attached hydrogens (primary N) is 1. The van der Waals surface area contributed by atoms with Crippen LogP contribution in [0.25, 0.3) is 0 Å². The van der Waals surface area contributed by atoms with Crippen molar-refractivity contribution < 1.29 is 38.6 Å². The van der Waals surface area contributed by atoms with Crippen molar-refractivity contribution in [1.29, 1.82) is 0 Å². The van der Waals surface area contributed by atoms with Crippen molar-refractivity contribution in [2.24, 2.45) is 5.73 Å². The van der Waals surface area contributed by atoms with E-state index in [0.29, 0.717) is 12.2 Å². The fourth-order valence-electron chi connectivity index (χ4n) is 3.30. The number of unbranched alkanes of at least 4 members (excludes halogenated alkanes) is 1. The number of carbonyl (C=O) groups is 5. The van der Waals surface area contributed by atoms with Crippen LogP contribution in [0.3, 0.4) is 0 Å². The van der Waals surface area contributed by atoms with Crippen LogP contribution < -0.4 is 11.1 Å². The molecule has 11 nitrogen and oxygen atoms in total. The van der Waals surface area contributed by atoms with Crippen molar-refractivity contribution in [2.45, 2.75) is 58.0 Å². The number of imide groups is 2. The summed E-state index contributed by atoms with van der Waals surface area (Å²) in [7, 11) is 0. The first-order valence-corrected chi connectivity index (χ1v) is 11.1. The molecule has 1 heterocycles. The van der Waals surface area contributed by atoms with Gasteiger partial charge in [-0.1, -0.05) is 57.5 Å². The van der Waals surface area contributed by atoms with Crippen LogP contribution in [0.2, 0.25) is 0 Å². The summed E-state index contributed by atoms with van der Waals surface area (Å²) in [4.78, 5) is 59.9. The van der Waals surface area contributed by atoms with Gasteiger partial charge >= 0.3 is 18.1 Å². The van der Waals surface area contributed by atoms with Gasteiger partial charge in [0.2, 0.25) is 5.91 Å². The normalized spacial score (nSPS) is 18.4. The quantitative estimate of drug-likeness (QED) is 0.321. The first kappa shape index (κ1) is 28.6. The molecule has 2 rings (SSSR count). The highest BCUT2D eigenvalue weighted by molar-refractivity contribution is 6.22.